The van der Waals surface area contributed by atoms with Crippen molar-refractivity contribution >= 4 is 21.5 Å². The number of fused-ring (bicyclic) bond motifs is 2. The van der Waals surface area contributed by atoms with Crippen molar-refractivity contribution in [3.05, 3.63) is 60.2 Å². The van der Waals surface area contributed by atoms with E-state index in [9.17, 15) is 8.42 Å². The zero-order valence-electron chi connectivity index (χ0n) is 16.5. The van der Waals surface area contributed by atoms with Crippen molar-refractivity contribution in [1.82, 2.24) is 19.8 Å². The first-order valence-electron chi connectivity index (χ1n) is 9.34. The topological polar surface area (TPSA) is 125 Å². The number of hydrogen-bond donors (Lipinski definition) is 1. The molecule has 0 radical (unpaired) electrons. The van der Waals surface area contributed by atoms with Gasteiger partial charge in [-0.15, -0.1) is 15.3 Å². The maximum absolute atomic E-state index is 11.9. The van der Waals surface area contributed by atoms with E-state index in [1.165, 1.54) is 6.07 Å². The van der Waals surface area contributed by atoms with Crippen LogP contribution < -0.4 is 19.5 Å². The Hall–Kier alpha value is -3.70. The molecule has 0 bridgehead atoms. The summed E-state index contributed by atoms with van der Waals surface area (Å²) in [5.74, 6) is 2.48. The van der Waals surface area contributed by atoms with Crippen LogP contribution in [0.1, 0.15) is 5.56 Å². The molecule has 0 spiro atoms. The number of benzene rings is 2. The van der Waals surface area contributed by atoms with Crippen molar-refractivity contribution < 1.29 is 17.9 Å². The van der Waals surface area contributed by atoms with Crippen LogP contribution in [0.5, 0.6) is 11.5 Å². The van der Waals surface area contributed by atoms with E-state index in [0.29, 0.717) is 40.9 Å². The minimum Gasteiger partial charge on any atom is -0.454 e. The van der Waals surface area contributed by atoms with Crippen LogP contribution in [-0.2, 0) is 16.6 Å². The summed E-state index contributed by atoms with van der Waals surface area (Å²) in [4.78, 5) is 1.92. The number of rotatable bonds is 5. The quantitative estimate of drug-likeness (QED) is 0.500. The largest absolute Gasteiger partial charge is 0.454 e. The zero-order chi connectivity index (χ0) is 21.6. The Morgan fingerprint density at radius 3 is 2.71 bits per heavy atom. The standard InChI is InChI=1S/C20H18N6O4S/c1-25(11-14-4-2-3-5-17(14)31(21,27)28)19-9-8-18-22-23-20(26(18)24-19)13-6-7-15-16(10-13)30-12-29-15/h2-10H,11-12H2,1H3,(H2,21,27,28). The minimum atomic E-state index is -3.83. The summed E-state index contributed by atoms with van der Waals surface area (Å²) in [6.07, 6.45) is 0. The number of anilines is 1. The summed E-state index contributed by atoms with van der Waals surface area (Å²) in [6.45, 7) is 0.485. The van der Waals surface area contributed by atoms with Gasteiger partial charge in [0, 0.05) is 19.2 Å². The molecule has 10 nitrogen and oxygen atoms in total. The van der Waals surface area contributed by atoms with E-state index in [-0.39, 0.29) is 11.7 Å². The Labute approximate surface area is 177 Å². The van der Waals surface area contributed by atoms with Gasteiger partial charge in [0.25, 0.3) is 0 Å². The average molecular weight is 438 g/mol. The van der Waals surface area contributed by atoms with E-state index in [4.69, 9.17) is 14.6 Å². The lowest BCUT2D eigenvalue weighted by Gasteiger charge is -2.19. The highest BCUT2D eigenvalue weighted by Crippen LogP contribution is 2.35. The third-order valence-corrected chi connectivity index (χ3v) is 5.97. The average Bonchev–Trinajstić information content (AvgIpc) is 3.39. The Kier molecular flexibility index (Phi) is 4.49. The molecule has 0 unspecified atom stereocenters. The lowest BCUT2D eigenvalue weighted by Crippen LogP contribution is -2.22. The molecule has 0 fully saturated rings. The second-order valence-electron chi connectivity index (χ2n) is 7.06. The van der Waals surface area contributed by atoms with Crippen LogP contribution in [0.3, 0.4) is 0 Å². The molecule has 0 aliphatic carbocycles. The van der Waals surface area contributed by atoms with Gasteiger partial charge in [-0.2, -0.15) is 4.52 Å². The minimum absolute atomic E-state index is 0.0910. The molecule has 2 N–H and O–H groups in total. The maximum Gasteiger partial charge on any atom is 0.238 e. The van der Waals surface area contributed by atoms with E-state index in [1.807, 2.05) is 30.1 Å². The summed E-state index contributed by atoms with van der Waals surface area (Å²) >= 11 is 0. The molecule has 3 heterocycles. The van der Waals surface area contributed by atoms with Crippen LogP contribution in [0, 0.1) is 0 Å². The van der Waals surface area contributed by atoms with E-state index in [2.05, 4.69) is 15.3 Å². The SMILES string of the molecule is CN(Cc1ccccc1S(N)(=O)=O)c1ccc2nnc(-c3ccc4c(c3)OCO4)n2n1. The third-order valence-electron chi connectivity index (χ3n) is 4.96. The zero-order valence-corrected chi connectivity index (χ0v) is 17.3. The molecule has 4 aromatic rings. The first kappa shape index (κ1) is 19.3. The monoisotopic (exact) mass is 438 g/mol. The van der Waals surface area contributed by atoms with Gasteiger partial charge in [0.15, 0.2) is 23.0 Å². The highest BCUT2D eigenvalue weighted by Gasteiger charge is 2.19. The Bertz CT molecular complexity index is 1400. The Morgan fingerprint density at radius 1 is 1.06 bits per heavy atom. The second-order valence-corrected chi connectivity index (χ2v) is 8.59. The summed E-state index contributed by atoms with van der Waals surface area (Å²) in [7, 11) is -2.01. The molecule has 2 aromatic heterocycles. The maximum atomic E-state index is 11.9. The molecule has 2 aromatic carbocycles. The lowest BCUT2D eigenvalue weighted by molar-refractivity contribution is 0.174. The van der Waals surface area contributed by atoms with Crippen LogP contribution in [0.2, 0.25) is 0 Å². The van der Waals surface area contributed by atoms with Gasteiger partial charge < -0.3 is 14.4 Å². The van der Waals surface area contributed by atoms with Crippen molar-refractivity contribution in [2.24, 2.45) is 5.14 Å². The number of ether oxygens (including phenoxy) is 2. The van der Waals surface area contributed by atoms with E-state index < -0.39 is 10.0 Å². The normalized spacial score (nSPS) is 13.0. The van der Waals surface area contributed by atoms with E-state index in [0.717, 1.165) is 5.56 Å². The van der Waals surface area contributed by atoms with Crippen LogP contribution in [0.25, 0.3) is 17.0 Å². The van der Waals surface area contributed by atoms with Crippen LogP contribution >= 0.6 is 0 Å². The van der Waals surface area contributed by atoms with Crippen LogP contribution in [0.4, 0.5) is 5.82 Å². The Balaban J connectivity index is 1.50. The molecule has 0 amide bonds. The molecular weight excluding hydrogens is 420 g/mol. The number of nitrogens with zero attached hydrogens (tertiary/aromatic N) is 5. The second kappa shape index (κ2) is 7.22. The van der Waals surface area contributed by atoms with Crippen molar-refractivity contribution in [2.45, 2.75) is 11.4 Å². The molecule has 1 aliphatic heterocycles. The highest BCUT2D eigenvalue weighted by molar-refractivity contribution is 7.89. The smallest absolute Gasteiger partial charge is 0.238 e. The van der Waals surface area contributed by atoms with Gasteiger partial charge in [-0.25, -0.2) is 13.6 Å². The fraction of sp³-hybridized carbons (Fsp3) is 0.150. The fourth-order valence-electron chi connectivity index (χ4n) is 3.45. The van der Waals surface area contributed by atoms with Crippen molar-refractivity contribution in [3.8, 4) is 22.9 Å². The first-order chi connectivity index (χ1) is 14.9. The molecule has 0 atom stereocenters. The number of nitrogens with two attached hydrogens (primary N) is 1. The van der Waals surface area contributed by atoms with Crippen LogP contribution in [0.15, 0.2) is 59.5 Å². The van der Waals surface area contributed by atoms with Crippen molar-refractivity contribution in [2.75, 3.05) is 18.7 Å². The predicted molar refractivity (Wildman–Crippen MR) is 112 cm³/mol. The van der Waals surface area contributed by atoms with Gasteiger partial charge in [-0.1, -0.05) is 18.2 Å². The molecule has 31 heavy (non-hydrogen) atoms. The summed E-state index contributed by atoms with van der Waals surface area (Å²) in [6, 6.07) is 15.7. The van der Waals surface area contributed by atoms with Crippen LogP contribution in [-0.4, -0.2) is 42.1 Å². The number of aromatic nitrogens is 4. The van der Waals surface area contributed by atoms with Gasteiger partial charge in [0.1, 0.15) is 5.82 Å². The van der Waals surface area contributed by atoms with Crippen molar-refractivity contribution in [3.63, 3.8) is 0 Å². The van der Waals surface area contributed by atoms with Gasteiger partial charge in [-0.05, 0) is 42.0 Å². The molecule has 11 heteroatoms. The Morgan fingerprint density at radius 2 is 1.87 bits per heavy atom. The number of hydrogen-bond acceptors (Lipinski definition) is 8. The molecule has 0 saturated carbocycles. The molecule has 1 aliphatic rings. The first-order valence-corrected chi connectivity index (χ1v) is 10.9. The number of primary sulfonamides is 1. The molecule has 158 valence electrons. The summed E-state index contributed by atoms with van der Waals surface area (Å²) in [5, 5.41) is 18.5. The molecule has 0 saturated heterocycles. The highest BCUT2D eigenvalue weighted by atomic mass is 32.2. The summed E-state index contributed by atoms with van der Waals surface area (Å²) in [5.41, 5.74) is 1.94. The number of sulfonamides is 1. The van der Waals surface area contributed by atoms with Gasteiger partial charge in [-0.3, -0.25) is 0 Å². The molecular formula is C20H18N6O4S. The van der Waals surface area contributed by atoms with E-state index in [1.54, 1.807) is 34.8 Å². The third kappa shape index (κ3) is 3.53. The summed E-state index contributed by atoms with van der Waals surface area (Å²) < 4.78 is 36.2. The van der Waals surface area contributed by atoms with Gasteiger partial charge in [0.05, 0.1) is 4.90 Å². The molecule has 5 rings (SSSR count). The lowest BCUT2D eigenvalue weighted by atomic mass is 10.2. The van der Waals surface area contributed by atoms with Gasteiger partial charge in [0.2, 0.25) is 16.8 Å². The van der Waals surface area contributed by atoms with Gasteiger partial charge >= 0.3 is 0 Å². The fourth-order valence-corrected chi connectivity index (χ4v) is 4.21. The van der Waals surface area contributed by atoms with Crippen molar-refractivity contribution in [1.29, 1.82) is 0 Å². The predicted octanol–water partition coefficient (Wildman–Crippen LogP) is 1.80. The van der Waals surface area contributed by atoms with E-state index >= 15 is 0 Å².